The Morgan fingerprint density at radius 1 is 1.20 bits per heavy atom. The van der Waals surface area contributed by atoms with Crippen LogP contribution in [0.15, 0.2) is 46.5 Å². The van der Waals surface area contributed by atoms with Crippen molar-refractivity contribution >= 4 is 17.4 Å². The number of benzene rings is 1. The van der Waals surface area contributed by atoms with E-state index in [1.165, 1.54) is 24.9 Å². The number of aromatic nitrogens is 1. The molecule has 20 heavy (non-hydrogen) atoms. The van der Waals surface area contributed by atoms with Gasteiger partial charge in [-0.3, -0.25) is 0 Å². The highest BCUT2D eigenvalue weighted by molar-refractivity contribution is 7.99. The average Bonchev–Trinajstić information content (AvgIpc) is 2.41. The minimum absolute atomic E-state index is 0.429. The molecule has 2 N–H and O–H groups in total. The number of ether oxygens (including phenoxy) is 1. The van der Waals surface area contributed by atoms with Crippen LogP contribution < -0.4 is 10.5 Å². The molecule has 0 aliphatic heterocycles. The molecule has 3 nitrogen and oxygen atoms in total. The molecule has 0 aliphatic carbocycles. The van der Waals surface area contributed by atoms with Gasteiger partial charge in [-0.1, -0.05) is 17.8 Å². The topological polar surface area (TPSA) is 48.1 Å². The van der Waals surface area contributed by atoms with Crippen molar-refractivity contribution in [3.8, 4) is 5.75 Å². The van der Waals surface area contributed by atoms with Crippen LogP contribution in [0.25, 0.3) is 0 Å². The summed E-state index contributed by atoms with van der Waals surface area (Å²) in [6.45, 7) is 0. The Morgan fingerprint density at radius 2 is 1.95 bits per heavy atom. The minimum Gasteiger partial charge on any atom is -0.495 e. The molecule has 106 valence electrons. The van der Waals surface area contributed by atoms with Crippen molar-refractivity contribution in [2.45, 2.75) is 16.1 Å². The number of para-hydroxylation sites is 1. The first-order chi connectivity index (χ1) is 9.41. The third-order valence-electron chi connectivity index (χ3n) is 2.52. The molecule has 0 saturated carbocycles. The van der Waals surface area contributed by atoms with E-state index < -0.39 is 11.7 Å². The van der Waals surface area contributed by atoms with Crippen LogP contribution in [0.4, 0.5) is 18.9 Å². The number of hydrogen-bond donors (Lipinski definition) is 1. The van der Waals surface area contributed by atoms with Gasteiger partial charge in [0.1, 0.15) is 10.8 Å². The lowest BCUT2D eigenvalue weighted by atomic mass is 10.3. The van der Waals surface area contributed by atoms with E-state index in [9.17, 15) is 13.2 Å². The van der Waals surface area contributed by atoms with E-state index in [2.05, 4.69) is 4.98 Å². The highest BCUT2D eigenvalue weighted by atomic mass is 32.2. The van der Waals surface area contributed by atoms with Gasteiger partial charge < -0.3 is 10.5 Å². The molecule has 0 spiro atoms. The molecule has 1 heterocycles. The second kappa shape index (κ2) is 5.62. The summed E-state index contributed by atoms with van der Waals surface area (Å²) in [5.74, 6) is 0.516. The summed E-state index contributed by atoms with van der Waals surface area (Å²) in [7, 11) is 1.50. The van der Waals surface area contributed by atoms with Crippen LogP contribution in [0.1, 0.15) is 5.56 Å². The van der Waals surface area contributed by atoms with Crippen LogP contribution in [0.5, 0.6) is 5.75 Å². The molecule has 0 aliphatic rings. The number of nitrogen functional groups attached to an aromatic ring is 1. The second-order valence-corrected chi connectivity index (χ2v) is 4.92. The zero-order valence-electron chi connectivity index (χ0n) is 10.4. The van der Waals surface area contributed by atoms with Crippen LogP contribution in [0.3, 0.4) is 0 Å². The predicted molar refractivity (Wildman–Crippen MR) is 70.8 cm³/mol. The number of nitrogens with two attached hydrogens (primary N) is 1. The SMILES string of the molecule is COc1cccc(Sc2ccc(C(F)(F)F)cn2)c1N. The molecular weight excluding hydrogens is 289 g/mol. The summed E-state index contributed by atoms with van der Waals surface area (Å²) >= 11 is 1.18. The fourth-order valence-electron chi connectivity index (χ4n) is 1.51. The molecule has 1 aromatic heterocycles. The lowest BCUT2D eigenvalue weighted by Gasteiger charge is -2.10. The molecule has 0 unspecified atom stereocenters. The number of methoxy groups -OCH3 is 1. The lowest BCUT2D eigenvalue weighted by molar-refractivity contribution is -0.137. The summed E-state index contributed by atoms with van der Waals surface area (Å²) < 4.78 is 42.4. The zero-order valence-corrected chi connectivity index (χ0v) is 11.3. The zero-order chi connectivity index (χ0) is 14.8. The van der Waals surface area contributed by atoms with Crippen molar-refractivity contribution < 1.29 is 17.9 Å². The molecule has 0 amide bonds. The van der Waals surface area contributed by atoms with Gasteiger partial charge in [-0.25, -0.2) is 4.98 Å². The van der Waals surface area contributed by atoms with Gasteiger partial charge in [0.05, 0.1) is 18.4 Å². The Kier molecular flexibility index (Phi) is 4.08. The van der Waals surface area contributed by atoms with Crippen molar-refractivity contribution in [1.82, 2.24) is 4.98 Å². The first kappa shape index (κ1) is 14.5. The molecule has 2 aromatic rings. The first-order valence-corrected chi connectivity index (χ1v) is 6.37. The maximum atomic E-state index is 12.4. The summed E-state index contributed by atoms with van der Waals surface area (Å²) in [5, 5.41) is 0.429. The van der Waals surface area contributed by atoms with Crippen molar-refractivity contribution in [1.29, 1.82) is 0 Å². The van der Waals surface area contributed by atoms with Gasteiger partial charge in [0.2, 0.25) is 0 Å². The molecule has 0 radical (unpaired) electrons. The monoisotopic (exact) mass is 300 g/mol. The van der Waals surface area contributed by atoms with Crippen molar-refractivity contribution in [3.05, 3.63) is 42.1 Å². The van der Waals surface area contributed by atoms with Crippen LogP contribution in [0, 0.1) is 0 Å². The van der Waals surface area contributed by atoms with E-state index in [-0.39, 0.29) is 0 Å². The van der Waals surface area contributed by atoms with Gasteiger partial charge in [0, 0.05) is 11.1 Å². The Balaban J connectivity index is 2.23. The fourth-order valence-corrected chi connectivity index (χ4v) is 2.34. The number of rotatable bonds is 3. The smallest absolute Gasteiger partial charge is 0.417 e. The molecule has 1 aromatic carbocycles. The number of anilines is 1. The van der Waals surface area contributed by atoms with E-state index >= 15 is 0 Å². The van der Waals surface area contributed by atoms with Crippen molar-refractivity contribution in [2.75, 3.05) is 12.8 Å². The minimum atomic E-state index is -4.38. The Hall–Kier alpha value is -1.89. The number of halogens is 3. The van der Waals surface area contributed by atoms with Crippen LogP contribution in [-0.4, -0.2) is 12.1 Å². The Bertz CT molecular complexity index is 600. The molecule has 0 fully saturated rings. The summed E-state index contributed by atoms with van der Waals surface area (Å²) in [6.07, 6.45) is -3.58. The largest absolute Gasteiger partial charge is 0.495 e. The van der Waals surface area contributed by atoms with E-state index in [1.807, 2.05) is 0 Å². The summed E-state index contributed by atoms with van der Waals surface area (Å²) in [5.41, 5.74) is 5.54. The highest BCUT2D eigenvalue weighted by Gasteiger charge is 2.30. The van der Waals surface area contributed by atoms with Gasteiger partial charge in [0.15, 0.2) is 0 Å². The van der Waals surface area contributed by atoms with E-state index in [4.69, 9.17) is 10.5 Å². The third kappa shape index (κ3) is 3.16. The summed E-state index contributed by atoms with van der Waals surface area (Å²) in [6, 6.07) is 7.52. The van der Waals surface area contributed by atoms with Crippen molar-refractivity contribution in [2.24, 2.45) is 0 Å². The van der Waals surface area contributed by atoms with Gasteiger partial charge in [-0.2, -0.15) is 13.2 Å². The van der Waals surface area contributed by atoms with Gasteiger partial charge >= 0.3 is 6.18 Å². The second-order valence-electron chi connectivity index (χ2n) is 3.86. The average molecular weight is 300 g/mol. The molecule has 0 bridgehead atoms. The van der Waals surface area contributed by atoms with Crippen molar-refractivity contribution in [3.63, 3.8) is 0 Å². The molecule has 0 saturated heterocycles. The quantitative estimate of drug-likeness (QED) is 0.875. The molecular formula is C13H11F3N2OS. The number of hydrogen-bond acceptors (Lipinski definition) is 4. The van der Waals surface area contributed by atoms with E-state index in [0.717, 1.165) is 12.3 Å². The maximum Gasteiger partial charge on any atom is 0.417 e. The Labute approximate surface area is 118 Å². The maximum absolute atomic E-state index is 12.4. The number of nitrogens with zero attached hydrogens (tertiary/aromatic N) is 1. The van der Waals surface area contributed by atoms with Crippen LogP contribution >= 0.6 is 11.8 Å². The van der Waals surface area contributed by atoms with Gasteiger partial charge in [-0.15, -0.1) is 0 Å². The van der Waals surface area contributed by atoms with Gasteiger partial charge in [-0.05, 0) is 24.3 Å². The van der Waals surface area contributed by atoms with Crippen LogP contribution in [-0.2, 0) is 6.18 Å². The van der Waals surface area contributed by atoms with Gasteiger partial charge in [0.25, 0.3) is 0 Å². The number of alkyl halides is 3. The normalized spacial score (nSPS) is 11.4. The summed E-state index contributed by atoms with van der Waals surface area (Å²) in [4.78, 5) is 4.46. The Morgan fingerprint density at radius 3 is 2.50 bits per heavy atom. The van der Waals surface area contributed by atoms with E-state index in [0.29, 0.717) is 21.4 Å². The molecule has 2 rings (SSSR count). The lowest BCUT2D eigenvalue weighted by Crippen LogP contribution is -2.05. The highest BCUT2D eigenvalue weighted by Crippen LogP contribution is 2.37. The predicted octanol–water partition coefficient (Wildman–Crippen LogP) is 3.84. The standard InChI is InChI=1S/C13H11F3N2OS/c1-19-9-3-2-4-10(12(9)17)20-11-6-5-8(7-18-11)13(14,15)16/h2-7H,17H2,1H3. The number of pyridine rings is 1. The fraction of sp³-hybridized carbons (Fsp3) is 0.154. The molecule has 7 heteroatoms. The molecule has 0 atom stereocenters. The van der Waals surface area contributed by atoms with Crippen LogP contribution in [0.2, 0.25) is 0 Å². The third-order valence-corrected chi connectivity index (χ3v) is 3.55. The van der Waals surface area contributed by atoms with E-state index in [1.54, 1.807) is 18.2 Å². The first-order valence-electron chi connectivity index (χ1n) is 5.55.